The molecule has 2 N–H and O–H groups in total. The van der Waals surface area contributed by atoms with Crippen LogP contribution in [0.3, 0.4) is 0 Å². The number of benzene rings is 1. The molecule has 0 aromatic heterocycles. The van der Waals surface area contributed by atoms with Crippen LogP contribution in [-0.4, -0.2) is 31.2 Å². The molecule has 0 saturated carbocycles. The van der Waals surface area contributed by atoms with Crippen LogP contribution in [0, 0.1) is 0 Å². The van der Waals surface area contributed by atoms with Crippen molar-refractivity contribution in [3.05, 3.63) is 24.3 Å². The number of anilines is 2. The van der Waals surface area contributed by atoms with E-state index in [9.17, 15) is 9.90 Å². The minimum atomic E-state index is -0.794. The van der Waals surface area contributed by atoms with Gasteiger partial charge in [0, 0.05) is 14.1 Å². The number of carboxylic acid groups (broad SMARTS) is 1. The Balaban J connectivity index is 2.83. The number of unbranched alkanes of at least 4 members (excludes halogenated alkanes) is 1. The molecule has 1 rings (SSSR count). The van der Waals surface area contributed by atoms with E-state index in [1.165, 1.54) is 0 Å². The van der Waals surface area contributed by atoms with E-state index in [1.807, 2.05) is 43.3 Å². The summed E-state index contributed by atoms with van der Waals surface area (Å²) >= 11 is 0. The highest BCUT2D eigenvalue weighted by molar-refractivity contribution is 5.80. The largest absolute Gasteiger partial charge is 0.480 e. The molecule has 4 nitrogen and oxygen atoms in total. The van der Waals surface area contributed by atoms with Gasteiger partial charge in [0.1, 0.15) is 6.04 Å². The summed E-state index contributed by atoms with van der Waals surface area (Å²) in [5, 5.41) is 12.3. The van der Waals surface area contributed by atoms with Crippen LogP contribution < -0.4 is 10.2 Å². The smallest absolute Gasteiger partial charge is 0.326 e. The van der Waals surface area contributed by atoms with Crippen molar-refractivity contribution in [1.29, 1.82) is 0 Å². The van der Waals surface area contributed by atoms with E-state index < -0.39 is 12.0 Å². The van der Waals surface area contributed by atoms with E-state index >= 15 is 0 Å². The van der Waals surface area contributed by atoms with E-state index in [2.05, 4.69) is 12.2 Å². The molecule has 0 bridgehead atoms. The Labute approximate surface area is 109 Å². The number of para-hydroxylation sites is 2. The van der Waals surface area contributed by atoms with Crippen molar-refractivity contribution in [2.24, 2.45) is 0 Å². The van der Waals surface area contributed by atoms with Crippen LogP contribution in [0.5, 0.6) is 0 Å². The molecular weight excluding hydrogens is 228 g/mol. The molecule has 1 atom stereocenters. The third kappa shape index (κ3) is 3.95. The van der Waals surface area contributed by atoms with Crippen molar-refractivity contribution in [1.82, 2.24) is 0 Å². The van der Waals surface area contributed by atoms with Gasteiger partial charge in [-0.25, -0.2) is 4.79 Å². The van der Waals surface area contributed by atoms with Crippen LogP contribution in [0.25, 0.3) is 0 Å². The van der Waals surface area contributed by atoms with Crippen LogP contribution in [-0.2, 0) is 4.79 Å². The molecule has 0 saturated heterocycles. The predicted molar refractivity (Wildman–Crippen MR) is 75.3 cm³/mol. The van der Waals surface area contributed by atoms with Gasteiger partial charge >= 0.3 is 5.97 Å². The summed E-state index contributed by atoms with van der Waals surface area (Å²) in [7, 11) is 3.89. The van der Waals surface area contributed by atoms with Crippen LogP contribution >= 0.6 is 0 Å². The Bertz CT molecular complexity index is 391. The summed E-state index contributed by atoms with van der Waals surface area (Å²) in [6.45, 7) is 2.06. The average molecular weight is 250 g/mol. The molecule has 0 heterocycles. The first-order valence-corrected chi connectivity index (χ1v) is 6.32. The molecule has 4 heteroatoms. The lowest BCUT2D eigenvalue weighted by atomic mass is 10.1. The highest BCUT2D eigenvalue weighted by Gasteiger charge is 2.17. The minimum Gasteiger partial charge on any atom is -0.480 e. The predicted octanol–water partition coefficient (Wildman–Crippen LogP) is 2.81. The van der Waals surface area contributed by atoms with Gasteiger partial charge in [-0.3, -0.25) is 0 Å². The second-order valence-corrected chi connectivity index (χ2v) is 4.59. The Morgan fingerprint density at radius 3 is 2.61 bits per heavy atom. The molecule has 100 valence electrons. The Morgan fingerprint density at radius 1 is 1.39 bits per heavy atom. The van der Waals surface area contributed by atoms with E-state index in [0.717, 1.165) is 24.2 Å². The van der Waals surface area contributed by atoms with Crippen molar-refractivity contribution in [3.8, 4) is 0 Å². The van der Waals surface area contributed by atoms with E-state index in [-0.39, 0.29) is 0 Å². The van der Waals surface area contributed by atoms with Crippen LogP contribution in [0.4, 0.5) is 11.4 Å². The van der Waals surface area contributed by atoms with E-state index in [4.69, 9.17) is 0 Å². The second kappa shape index (κ2) is 6.89. The molecule has 0 spiro atoms. The second-order valence-electron chi connectivity index (χ2n) is 4.59. The molecule has 0 aliphatic heterocycles. The average Bonchev–Trinajstić information content (AvgIpc) is 2.34. The van der Waals surface area contributed by atoms with Crippen LogP contribution in [0.2, 0.25) is 0 Å². The zero-order valence-electron chi connectivity index (χ0n) is 11.3. The van der Waals surface area contributed by atoms with Gasteiger partial charge in [0.25, 0.3) is 0 Å². The summed E-state index contributed by atoms with van der Waals surface area (Å²) < 4.78 is 0. The lowest BCUT2D eigenvalue weighted by Crippen LogP contribution is -2.29. The standard InChI is InChI=1S/C14H22N2O2/c1-4-5-8-12(14(17)18)15-11-9-6-7-10-13(11)16(2)3/h6-7,9-10,12,15H,4-5,8H2,1-3H3,(H,17,18). The first-order valence-electron chi connectivity index (χ1n) is 6.32. The number of carbonyl (C=O) groups is 1. The first-order chi connectivity index (χ1) is 8.56. The van der Waals surface area contributed by atoms with E-state index in [0.29, 0.717) is 6.42 Å². The summed E-state index contributed by atoms with van der Waals surface area (Å²) in [6, 6.07) is 7.22. The molecule has 0 aliphatic rings. The number of nitrogens with zero attached hydrogens (tertiary/aromatic N) is 1. The summed E-state index contributed by atoms with van der Waals surface area (Å²) in [6.07, 6.45) is 2.56. The van der Waals surface area contributed by atoms with Crippen molar-refractivity contribution in [2.75, 3.05) is 24.3 Å². The van der Waals surface area contributed by atoms with Crippen molar-refractivity contribution in [3.63, 3.8) is 0 Å². The minimum absolute atomic E-state index is 0.522. The Hall–Kier alpha value is -1.71. The zero-order chi connectivity index (χ0) is 13.5. The highest BCUT2D eigenvalue weighted by atomic mass is 16.4. The van der Waals surface area contributed by atoms with Crippen LogP contribution in [0.15, 0.2) is 24.3 Å². The van der Waals surface area contributed by atoms with Crippen molar-refractivity contribution < 1.29 is 9.90 Å². The van der Waals surface area contributed by atoms with Gasteiger partial charge in [0.05, 0.1) is 11.4 Å². The molecule has 0 aliphatic carbocycles. The molecule has 1 unspecified atom stereocenters. The number of hydrogen-bond acceptors (Lipinski definition) is 3. The maximum Gasteiger partial charge on any atom is 0.326 e. The van der Waals surface area contributed by atoms with Gasteiger partial charge in [-0.15, -0.1) is 0 Å². The summed E-state index contributed by atoms with van der Waals surface area (Å²) in [5.74, 6) is -0.794. The van der Waals surface area contributed by atoms with Gasteiger partial charge < -0.3 is 15.3 Å². The number of nitrogens with one attached hydrogen (secondary N) is 1. The Morgan fingerprint density at radius 2 is 2.06 bits per heavy atom. The maximum absolute atomic E-state index is 11.2. The molecule has 0 fully saturated rings. The van der Waals surface area contributed by atoms with Gasteiger partial charge in [0.15, 0.2) is 0 Å². The molecule has 0 radical (unpaired) electrons. The quantitative estimate of drug-likeness (QED) is 0.781. The van der Waals surface area contributed by atoms with Gasteiger partial charge in [-0.05, 0) is 18.6 Å². The number of hydrogen-bond donors (Lipinski definition) is 2. The summed E-state index contributed by atoms with van der Waals surface area (Å²) in [5.41, 5.74) is 1.87. The maximum atomic E-state index is 11.2. The molecular formula is C14H22N2O2. The fourth-order valence-electron chi connectivity index (χ4n) is 1.84. The van der Waals surface area contributed by atoms with Gasteiger partial charge in [0.2, 0.25) is 0 Å². The monoisotopic (exact) mass is 250 g/mol. The van der Waals surface area contributed by atoms with Gasteiger partial charge in [-0.1, -0.05) is 31.9 Å². The third-order valence-electron chi connectivity index (χ3n) is 2.86. The van der Waals surface area contributed by atoms with Crippen molar-refractivity contribution in [2.45, 2.75) is 32.2 Å². The Kier molecular flexibility index (Phi) is 5.49. The van der Waals surface area contributed by atoms with E-state index in [1.54, 1.807) is 0 Å². The fourth-order valence-corrected chi connectivity index (χ4v) is 1.84. The lowest BCUT2D eigenvalue weighted by molar-refractivity contribution is -0.138. The molecule has 1 aromatic carbocycles. The molecule has 1 aromatic rings. The highest BCUT2D eigenvalue weighted by Crippen LogP contribution is 2.24. The van der Waals surface area contributed by atoms with Crippen molar-refractivity contribution >= 4 is 17.3 Å². The topological polar surface area (TPSA) is 52.6 Å². The van der Waals surface area contributed by atoms with Crippen LogP contribution in [0.1, 0.15) is 26.2 Å². The fraction of sp³-hybridized carbons (Fsp3) is 0.500. The van der Waals surface area contributed by atoms with Gasteiger partial charge in [-0.2, -0.15) is 0 Å². The molecule has 18 heavy (non-hydrogen) atoms. The first kappa shape index (κ1) is 14.4. The summed E-state index contributed by atoms with van der Waals surface area (Å²) in [4.78, 5) is 13.2. The zero-order valence-corrected chi connectivity index (χ0v) is 11.3. The SMILES string of the molecule is CCCCC(Nc1ccccc1N(C)C)C(=O)O. The lowest BCUT2D eigenvalue weighted by Gasteiger charge is -2.21. The number of rotatable bonds is 7. The molecule has 0 amide bonds. The normalized spacial score (nSPS) is 11.9. The number of carboxylic acids is 1. The number of aliphatic carboxylic acids is 1. The third-order valence-corrected chi connectivity index (χ3v) is 2.86.